The molecule has 0 radical (unpaired) electrons. The van der Waals surface area contributed by atoms with Crippen LogP contribution in [0, 0.1) is 5.41 Å². The number of nitrogens with one attached hydrogen (secondary N) is 1. The Labute approximate surface area is 121 Å². The van der Waals surface area contributed by atoms with Crippen LogP contribution in [-0.2, 0) is 10.0 Å². The van der Waals surface area contributed by atoms with Gasteiger partial charge in [-0.15, -0.1) is 0 Å². The van der Waals surface area contributed by atoms with Gasteiger partial charge in [-0.05, 0) is 24.0 Å². The number of nitrogens with two attached hydrogens (primary N) is 1. The van der Waals surface area contributed by atoms with Gasteiger partial charge in [-0.3, -0.25) is 0 Å². The molecule has 114 valence electrons. The average molecular weight is 300 g/mol. The molecule has 1 aromatic carbocycles. The Morgan fingerprint density at radius 3 is 2.65 bits per heavy atom. The van der Waals surface area contributed by atoms with Crippen LogP contribution in [0.5, 0.6) is 5.75 Å². The van der Waals surface area contributed by atoms with Gasteiger partial charge in [-0.2, -0.15) is 0 Å². The van der Waals surface area contributed by atoms with Crippen LogP contribution >= 0.6 is 0 Å². The zero-order valence-corrected chi connectivity index (χ0v) is 13.2. The quantitative estimate of drug-likeness (QED) is 0.720. The maximum absolute atomic E-state index is 11.8. The normalized spacial score (nSPS) is 12.3. The van der Waals surface area contributed by atoms with Gasteiger partial charge in [-0.25, -0.2) is 13.1 Å². The average Bonchev–Trinajstić information content (AvgIpc) is 2.37. The minimum Gasteiger partial charge on any atom is -0.492 e. The minimum absolute atomic E-state index is 0.0399. The molecular weight excluding hydrogens is 276 g/mol. The Morgan fingerprint density at radius 2 is 2.05 bits per heavy atom. The first-order valence-corrected chi connectivity index (χ1v) is 8.35. The number of hydrogen-bond acceptors (Lipinski definition) is 4. The van der Waals surface area contributed by atoms with Crippen LogP contribution in [0.4, 0.5) is 5.69 Å². The summed E-state index contributed by atoms with van der Waals surface area (Å²) in [5, 5.41) is 0. The fourth-order valence-corrected chi connectivity index (χ4v) is 2.43. The molecular formula is C14H24N2O3S. The lowest BCUT2D eigenvalue weighted by molar-refractivity contribution is 0.335. The van der Waals surface area contributed by atoms with Crippen LogP contribution in [0.15, 0.2) is 24.3 Å². The molecule has 0 fully saturated rings. The fourth-order valence-electron chi connectivity index (χ4n) is 1.38. The number of rotatable bonds is 8. The van der Waals surface area contributed by atoms with Gasteiger partial charge in [0.25, 0.3) is 0 Å². The number of nitrogen functional groups attached to an aromatic ring is 1. The van der Waals surface area contributed by atoms with Gasteiger partial charge in [0.1, 0.15) is 12.4 Å². The van der Waals surface area contributed by atoms with Gasteiger partial charge in [0.05, 0.1) is 5.75 Å². The van der Waals surface area contributed by atoms with Crippen molar-refractivity contribution in [2.45, 2.75) is 27.2 Å². The van der Waals surface area contributed by atoms with Gasteiger partial charge in [-0.1, -0.05) is 26.8 Å². The molecule has 0 atom stereocenters. The van der Waals surface area contributed by atoms with E-state index < -0.39 is 10.0 Å². The number of hydrogen-bond donors (Lipinski definition) is 2. The lowest BCUT2D eigenvalue weighted by Gasteiger charge is -2.22. The third-order valence-electron chi connectivity index (χ3n) is 3.21. The second-order valence-corrected chi connectivity index (χ2v) is 7.51. The summed E-state index contributed by atoms with van der Waals surface area (Å²) in [6.45, 7) is 6.63. The standard InChI is InChI=1S/C14H24N2O3S/c1-4-14(2,3)11-16-20(17,18)9-8-19-13-7-5-6-12(15)10-13/h5-7,10,16H,4,8-9,11,15H2,1-3H3. The third kappa shape index (κ3) is 6.25. The summed E-state index contributed by atoms with van der Waals surface area (Å²) in [6, 6.07) is 6.93. The van der Waals surface area contributed by atoms with Crippen LogP contribution in [0.3, 0.4) is 0 Å². The molecule has 0 amide bonds. The summed E-state index contributed by atoms with van der Waals surface area (Å²) in [6.07, 6.45) is 0.912. The van der Waals surface area contributed by atoms with Crippen molar-refractivity contribution in [3.63, 3.8) is 0 Å². The molecule has 0 aliphatic rings. The number of sulfonamides is 1. The van der Waals surface area contributed by atoms with E-state index in [2.05, 4.69) is 4.72 Å². The van der Waals surface area contributed by atoms with E-state index in [1.54, 1.807) is 24.3 Å². The lowest BCUT2D eigenvalue weighted by atomic mass is 9.91. The van der Waals surface area contributed by atoms with Crippen LogP contribution in [0.25, 0.3) is 0 Å². The summed E-state index contributed by atoms with van der Waals surface area (Å²) in [5.74, 6) is 0.510. The van der Waals surface area contributed by atoms with Crippen molar-refractivity contribution >= 4 is 15.7 Å². The zero-order valence-electron chi connectivity index (χ0n) is 12.3. The van der Waals surface area contributed by atoms with Gasteiger partial charge >= 0.3 is 0 Å². The van der Waals surface area contributed by atoms with Gasteiger partial charge in [0.15, 0.2) is 0 Å². The number of benzene rings is 1. The van der Waals surface area contributed by atoms with Gasteiger partial charge in [0, 0.05) is 18.3 Å². The minimum atomic E-state index is -3.31. The Kier molecular flexibility index (Phi) is 5.83. The molecule has 5 nitrogen and oxygen atoms in total. The predicted molar refractivity (Wildman–Crippen MR) is 82.2 cm³/mol. The van der Waals surface area contributed by atoms with E-state index in [9.17, 15) is 8.42 Å². The van der Waals surface area contributed by atoms with E-state index in [0.717, 1.165) is 6.42 Å². The molecule has 0 bridgehead atoms. The second kappa shape index (κ2) is 6.95. The molecule has 0 aliphatic carbocycles. The van der Waals surface area contributed by atoms with Crippen molar-refractivity contribution in [2.75, 3.05) is 24.6 Å². The van der Waals surface area contributed by atoms with E-state index in [1.807, 2.05) is 20.8 Å². The maximum atomic E-state index is 11.8. The molecule has 6 heteroatoms. The smallest absolute Gasteiger partial charge is 0.214 e. The highest BCUT2D eigenvalue weighted by Crippen LogP contribution is 2.18. The second-order valence-electron chi connectivity index (χ2n) is 5.58. The summed E-state index contributed by atoms with van der Waals surface area (Å²) in [4.78, 5) is 0. The molecule has 3 N–H and O–H groups in total. The topological polar surface area (TPSA) is 81.4 Å². The Bertz CT molecular complexity index is 527. The molecule has 0 aromatic heterocycles. The highest BCUT2D eigenvalue weighted by Gasteiger charge is 2.19. The zero-order chi connectivity index (χ0) is 15.2. The number of anilines is 1. The summed E-state index contributed by atoms with van der Waals surface area (Å²) in [5.41, 5.74) is 6.17. The Balaban J connectivity index is 2.40. The van der Waals surface area contributed by atoms with Crippen LogP contribution < -0.4 is 15.2 Å². The van der Waals surface area contributed by atoms with Gasteiger partial charge < -0.3 is 10.5 Å². The van der Waals surface area contributed by atoms with Crippen molar-refractivity contribution in [3.8, 4) is 5.75 Å². The van der Waals surface area contributed by atoms with Crippen molar-refractivity contribution in [2.24, 2.45) is 5.41 Å². The van der Waals surface area contributed by atoms with Crippen molar-refractivity contribution in [3.05, 3.63) is 24.3 Å². The van der Waals surface area contributed by atoms with Crippen LogP contribution in [0.2, 0.25) is 0 Å². The first-order chi connectivity index (χ1) is 9.24. The van der Waals surface area contributed by atoms with E-state index in [-0.39, 0.29) is 17.8 Å². The van der Waals surface area contributed by atoms with Crippen LogP contribution in [-0.4, -0.2) is 27.3 Å². The maximum Gasteiger partial charge on any atom is 0.214 e. The largest absolute Gasteiger partial charge is 0.492 e. The molecule has 0 saturated carbocycles. The summed E-state index contributed by atoms with van der Waals surface area (Å²) in [7, 11) is -3.31. The first-order valence-electron chi connectivity index (χ1n) is 6.70. The molecule has 1 rings (SSSR count). The molecule has 0 spiro atoms. The summed E-state index contributed by atoms with van der Waals surface area (Å²) < 4.78 is 31.7. The lowest BCUT2D eigenvalue weighted by Crippen LogP contribution is -2.36. The van der Waals surface area contributed by atoms with E-state index in [0.29, 0.717) is 18.0 Å². The van der Waals surface area contributed by atoms with Crippen molar-refractivity contribution < 1.29 is 13.2 Å². The molecule has 0 saturated heterocycles. The van der Waals surface area contributed by atoms with E-state index >= 15 is 0 Å². The van der Waals surface area contributed by atoms with Crippen molar-refractivity contribution in [1.29, 1.82) is 0 Å². The van der Waals surface area contributed by atoms with Crippen molar-refractivity contribution in [1.82, 2.24) is 4.72 Å². The molecule has 0 aliphatic heterocycles. The monoisotopic (exact) mass is 300 g/mol. The Hall–Kier alpha value is -1.27. The fraction of sp³-hybridized carbons (Fsp3) is 0.571. The Morgan fingerprint density at radius 1 is 1.35 bits per heavy atom. The summed E-state index contributed by atoms with van der Waals surface area (Å²) >= 11 is 0. The number of ether oxygens (including phenoxy) is 1. The van der Waals surface area contributed by atoms with Crippen LogP contribution in [0.1, 0.15) is 27.2 Å². The first kappa shape index (κ1) is 16.8. The van der Waals surface area contributed by atoms with E-state index in [1.165, 1.54) is 0 Å². The highest BCUT2D eigenvalue weighted by molar-refractivity contribution is 7.89. The van der Waals surface area contributed by atoms with Gasteiger partial charge in [0.2, 0.25) is 10.0 Å². The highest BCUT2D eigenvalue weighted by atomic mass is 32.2. The SMILES string of the molecule is CCC(C)(C)CNS(=O)(=O)CCOc1cccc(N)c1. The molecule has 1 aromatic rings. The predicted octanol–water partition coefficient (Wildman–Crippen LogP) is 2.00. The molecule has 0 heterocycles. The van der Waals surface area contributed by atoms with E-state index in [4.69, 9.17) is 10.5 Å². The molecule has 20 heavy (non-hydrogen) atoms. The third-order valence-corrected chi connectivity index (χ3v) is 4.49. The molecule has 0 unspecified atom stereocenters.